The van der Waals surface area contributed by atoms with Crippen molar-refractivity contribution in [2.45, 2.75) is 57.0 Å². The molecular formula is C23H31N3O3S. The van der Waals surface area contributed by atoms with Crippen molar-refractivity contribution in [3.8, 4) is 0 Å². The van der Waals surface area contributed by atoms with E-state index in [9.17, 15) is 13.2 Å². The molecule has 0 aromatic heterocycles. The van der Waals surface area contributed by atoms with Crippen molar-refractivity contribution in [3.05, 3.63) is 59.7 Å². The summed E-state index contributed by atoms with van der Waals surface area (Å²) in [6.45, 7) is 7.11. The van der Waals surface area contributed by atoms with Gasteiger partial charge in [-0.3, -0.25) is 10.1 Å². The molecule has 1 fully saturated rings. The molecular weight excluding hydrogens is 398 g/mol. The molecule has 7 heteroatoms. The third kappa shape index (κ3) is 5.28. The third-order valence-electron chi connectivity index (χ3n) is 5.56. The number of hydrogen-bond donors (Lipinski definition) is 2. The van der Waals surface area contributed by atoms with Crippen LogP contribution in [0.25, 0.3) is 0 Å². The molecule has 0 bridgehead atoms. The van der Waals surface area contributed by atoms with Gasteiger partial charge in [-0.15, -0.1) is 0 Å². The molecule has 0 radical (unpaired) electrons. The lowest BCUT2D eigenvalue weighted by Crippen LogP contribution is -2.40. The monoisotopic (exact) mass is 429 g/mol. The lowest BCUT2D eigenvalue weighted by Gasteiger charge is -2.22. The number of benzene rings is 2. The summed E-state index contributed by atoms with van der Waals surface area (Å²) in [6.07, 6.45) is 2.67. The number of amides is 1. The number of anilines is 1. The number of nitrogens with zero attached hydrogens (tertiary/aromatic N) is 1. The molecule has 1 heterocycles. The van der Waals surface area contributed by atoms with Gasteiger partial charge in [-0.05, 0) is 62.9 Å². The average molecular weight is 430 g/mol. The first-order valence-corrected chi connectivity index (χ1v) is 12.0. The molecule has 30 heavy (non-hydrogen) atoms. The topological polar surface area (TPSA) is 78.5 Å². The summed E-state index contributed by atoms with van der Waals surface area (Å²) in [5.41, 5.74) is 2.94. The summed E-state index contributed by atoms with van der Waals surface area (Å²) in [5.74, 6) is -0.157. The molecule has 2 aromatic carbocycles. The van der Waals surface area contributed by atoms with E-state index >= 15 is 0 Å². The van der Waals surface area contributed by atoms with E-state index in [1.165, 1.54) is 9.87 Å². The molecule has 162 valence electrons. The summed E-state index contributed by atoms with van der Waals surface area (Å²) in [6, 6.07) is 14.4. The maximum Gasteiger partial charge on any atom is 0.243 e. The minimum atomic E-state index is -3.45. The molecule has 0 unspecified atom stereocenters. The lowest BCUT2D eigenvalue weighted by atomic mass is 10.0. The number of aryl methyl sites for hydroxylation is 1. The number of carbonyl (C=O) groups excluding carboxylic acids is 1. The van der Waals surface area contributed by atoms with Crippen molar-refractivity contribution in [1.29, 1.82) is 0 Å². The van der Waals surface area contributed by atoms with Crippen LogP contribution in [-0.2, 0) is 14.8 Å². The Morgan fingerprint density at radius 1 is 1.03 bits per heavy atom. The fourth-order valence-electron chi connectivity index (χ4n) is 3.66. The maximum absolute atomic E-state index is 12.6. The van der Waals surface area contributed by atoms with E-state index in [2.05, 4.69) is 48.7 Å². The van der Waals surface area contributed by atoms with Gasteiger partial charge < -0.3 is 5.32 Å². The molecule has 1 aliphatic heterocycles. The highest BCUT2D eigenvalue weighted by Gasteiger charge is 2.27. The van der Waals surface area contributed by atoms with Crippen LogP contribution in [0.5, 0.6) is 0 Å². The Hall–Kier alpha value is -2.22. The molecule has 2 aromatic rings. The highest BCUT2D eigenvalue weighted by molar-refractivity contribution is 7.89. The average Bonchev–Trinajstić information content (AvgIpc) is 3.29. The second kappa shape index (κ2) is 9.73. The molecule has 2 N–H and O–H groups in total. The van der Waals surface area contributed by atoms with E-state index < -0.39 is 16.1 Å². The van der Waals surface area contributed by atoms with Crippen LogP contribution in [0.15, 0.2) is 53.4 Å². The first-order valence-electron chi connectivity index (χ1n) is 10.5. The van der Waals surface area contributed by atoms with Gasteiger partial charge in [0.15, 0.2) is 0 Å². The number of carbonyl (C=O) groups is 1. The van der Waals surface area contributed by atoms with Crippen molar-refractivity contribution < 1.29 is 13.2 Å². The number of hydrogen-bond acceptors (Lipinski definition) is 4. The van der Waals surface area contributed by atoms with Crippen LogP contribution in [-0.4, -0.2) is 37.8 Å². The smallest absolute Gasteiger partial charge is 0.243 e. The quantitative estimate of drug-likeness (QED) is 0.668. The SMILES string of the molecule is CC[C@@H](N[C@@H](C)C(=O)Nc1ccc(S(=O)(=O)N2CCCC2)cc1)c1ccc(C)cc1. The number of rotatable bonds is 8. The largest absolute Gasteiger partial charge is 0.325 e. The zero-order valence-electron chi connectivity index (χ0n) is 17.9. The molecule has 0 spiro atoms. The molecule has 3 rings (SSSR count). The Morgan fingerprint density at radius 3 is 2.20 bits per heavy atom. The first kappa shape index (κ1) is 22.5. The van der Waals surface area contributed by atoms with Crippen molar-refractivity contribution >= 4 is 21.6 Å². The summed E-state index contributed by atoms with van der Waals surface area (Å²) >= 11 is 0. The van der Waals surface area contributed by atoms with Crippen LogP contribution < -0.4 is 10.6 Å². The van der Waals surface area contributed by atoms with E-state index in [4.69, 9.17) is 0 Å². The minimum absolute atomic E-state index is 0.0827. The molecule has 0 aliphatic carbocycles. The number of sulfonamides is 1. The summed E-state index contributed by atoms with van der Waals surface area (Å²) in [7, 11) is -3.45. The van der Waals surface area contributed by atoms with E-state index in [1.54, 1.807) is 24.3 Å². The summed E-state index contributed by atoms with van der Waals surface area (Å²) in [5, 5.41) is 6.25. The van der Waals surface area contributed by atoms with Crippen molar-refractivity contribution in [1.82, 2.24) is 9.62 Å². The minimum Gasteiger partial charge on any atom is -0.325 e. The van der Waals surface area contributed by atoms with E-state index in [-0.39, 0.29) is 16.8 Å². The maximum atomic E-state index is 12.6. The predicted molar refractivity (Wildman–Crippen MR) is 120 cm³/mol. The molecule has 0 saturated carbocycles. The number of nitrogens with one attached hydrogen (secondary N) is 2. The van der Waals surface area contributed by atoms with E-state index in [1.807, 2.05) is 6.92 Å². The molecule has 1 aliphatic rings. The Bertz CT molecular complexity index is 950. The van der Waals surface area contributed by atoms with E-state index in [0.29, 0.717) is 18.8 Å². The third-order valence-corrected chi connectivity index (χ3v) is 7.47. The second-order valence-corrected chi connectivity index (χ2v) is 9.82. The highest BCUT2D eigenvalue weighted by Crippen LogP contribution is 2.22. The van der Waals surface area contributed by atoms with Crippen LogP contribution in [0, 0.1) is 6.92 Å². The standard InChI is InChI=1S/C23H31N3O3S/c1-4-22(19-9-7-17(2)8-10-19)24-18(3)23(27)25-20-11-13-21(14-12-20)30(28,29)26-15-5-6-16-26/h7-14,18,22,24H,4-6,15-16H2,1-3H3,(H,25,27)/t18-,22+/m0/s1. The van der Waals surface area contributed by atoms with Gasteiger partial charge in [-0.2, -0.15) is 4.31 Å². The van der Waals surface area contributed by atoms with Crippen molar-refractivity contribution in [2.75, 3.05) is 18.4 Å². The van der Waals surface area contributed by atoms with Gasteiger partial charge in [0.05, 0.1) is 10.9 Å². The Morgan fingerprint density at radius 2 is 1.63 bits per heavy atom. The van der Waals surface area contributed by atoms with Gasteiger partial charge in [-0.1, -0.05) is 36.8 Å². The molecule has 1 amide bonds. The van der Waals surface area contributed by atoms with Gasteiger partial charge in [0.25, 0.3) is 0 Å². The van der Waals surface area contributed by atoms with Crippen LogP contribution >= 0.6 is 0 Å². The fraction of sp³-hybridized carbons (Fsp3) is 0.435. The summed E-state index contributed by atoms with van der Waals surface area (Å²) < 4.78 is 26.7. The fourth-order valence-corrected chi connectivity index (χ4v) is 5.18. The molecule has 1 saturated heterocycles. The van der Waals surface area contributed by atoms with Crippen molar-refractivity contribution in [3.63, 3.8) is 0 Å². The van der Waals surface area contributed by atoms with Crippen LogP contribution in [0.2, 0.25) is 0 Å². The zero-order chi connectivity index (χ0) is 21.7. The Labute approximate surface area is 179 Å². The van der Waals surface area contributed by atoms with Gasteiger partial charge in [0.2, 0.25) is 15.9 Å². The van der Waals surface area contributed by atoms with Gasteiger partial charge in [0.1, 0.15) is 0 Å². The Kier molecular flexibility index (Phi) is 7.28. The molecule has 6 nitrogen and oxygen atoms in total. The highest BCUT2D eigenvalue weighted by atomic mass is 32.2. The van der Waals surface area contributed by atoms with E-state index in [0.717, 1.165) is 24.8 Å². The van der Waals surface area contributed by atoms with Crippen molar-refractivity contribution in [2.24, 2.45) is 0 Å². The van der Waals surface area contributed by atoms with Gasteiger partial charge in [-0.25, -0.2) is 8.42 Å². The molecule has 2 atom stereocenters. The normalized spacial score (nSPS) is 16.9. The van der Waals surface area contributed by atoms with Crippen LogP contribution in [0.4, 0.5) is 5.69 Å². The zero-order valence-corrected chi connectivity index (χ0v) is 18.7. The van der Waals surface area contributed by atoms with Crippen LogP contribution in [0.1, 0.15) is 50.3 Å². The second-order valence-electron chi connectivity index (χ2n) is 7.88. The summed E-state index contributed by atoms with van der Waals surface area (Å²) in [4.78, 5) is 12.9. The Balaban J connectivity index is 1.61. The van der Waals surface area contributed by atoms with Gasteiger partial charge in [0, 0.05) is 24.8 Å². The van der Waals surface area contributed by atoms with Crippen LogP contribution in [0.3, 0.4) is 0 Å². The van der Waals surface area contributed by atoms with Gasteiger partial charge >= 0.3 is 0 Å². The first-order chi connectivity index (χ1) is 14.3. The lowest BCUT2D eigenvalue weighted by molar-refractivity contribution is -0.118. The predicted octanol–water partition coefficient (Wildman–Crippen LogP) is 3.85.